The number of nitrogens with one attached hydrogen (secondary N) is 1. The Labute approximate surface area is 125 Å². The largest absolute Gasteiger partial charge is 0.489 e. The third-order valence-corrected chi connectivity index (χ3v) is 2.95. The SMILES string of the molecule is COCc1cccc(Nc2cccc(OC(C)C)c2N)c1. The summed E-state index contributed by atoms with van der Waals surface area (Å²) in [4.78, 5) is 0. The van der Waals surface area contributed by atoms with Crippen molar-refractivity contribution in [1.82, 2.24) is 0 Å². The third-order valence-electron chi connectivity index (χ3n) is 2.95. The van der Waals surface area contributed by atoms with Crippen LogP contribution < -0.4 is 15.8 Å². The number of anilines is 3. The molecule has 0 aromatic heterocycles. The molecule has 21 heavy (non-hydrogen) atoms. The van der Waals surface area contributed by atoms with Gasteiger partial charge in [-0.2, -0.15) is 0 Å². The first-order valence-corrected chi connectivity index (χ1v) is 7.00. The number of hydrogen-bond acceptors (Lipinski definition) is 4. The molecule has 2 aromatic rings. The fourth-order valence-corrected chi connectivity index (χ4v) is 2.07. The lowest BCUT2D eigenvalue weighted by molar-refractivity contribution is 0.185. The van der Waals surface area contributed by atoms with Gasteiger partial charge in [0.25, 0.3) is 0 Å². The van der Waals surface area contributed by atoms with Crippen LogP contribution in [0.3, 0.4) is 0 Å². The minimum absolute atomic E-state index is 0.0904. The van der Waals surface area contributed by atoms with E-state index >= 15 is 0 Å². The van der Waals surface area contributed by atoms with E-state index in [0.717, 1.165) is 16.9 Å². The first kappa shape index (κ1) is 15.2. The maximum atomic E-state index is 6.16. The second-order valence-corrected chi connectivity index (χ2v) is 5.14. The van der Waals surface area contributed by atoms with Crippen LogP contribution in [0.2, 0.25) is 0 Å². The second-order valence-electron chi connectivity index (χ2n) is 5.14. The van der Waals surface area contributed by atoms with Crippen LogP contribution in [-0.4, -0.2) is 13.2 Å². The lowest BCUT2D eigenvalue weighted by Gasteiger charge is -2.16. The number of nitrogens with two attached hydrogens (primary N) is 1. The smallest absolute Gasteiger partial charge is 0.144 e. The number of ether oxygens (including phenoxy) is 2. The minimum Gasteiger partial charge on any atom is -0.489 e. The van der Waals surface area contributed by atoms with Crippen LogP contribution in [0.5, 0.6) is 5.75 Å². The van der Waals surface area contributed by atoms with E-state index in [1.54, 1.807) is 7.11 Å². The van der Waals surface area contributed by atoms with E-state index in [9.17, 15) is 0 Å². The predicted molar refractivity (Wildman–Crippen MR) is 87.1 cm³/mol. The zero-order valence-electron chi connectivity index (χ0n) is 12.7. The average Bonchev–Trinajstić information content (AvgIpc) is 2.44. The summed E-state index contributed by atoms with van der Waals surface area (Å²) in [7, 11) is 1.69. The van der Waals surface area contributed by atoms with E-state index in [0.29, 0.717) is 18.0 Å². The van der Waals surface area contributed by atoms with Gasteiger partial charge in [-0.3, -0.25) is 0 Å². The fraction of sp³-hybridized carbons (Fsp3) is 0.294. The van der Waals surface area contributed by atoms with E-state index in [2.05, 4.69) is 5.32 Å². The van der Waals surface area contributed by atoms with Crippen molar-refractivity contribution in [2.24, 2.45) is 0 Å². The normalized spacial score (nSPS) is 10.7. The van der Waals surface area contributed by atoms with Gasteiger partial charge in [-0.15, -0.1) is 0 Å². The molecule has 0 atom stereocenters. The molecule has 0 saturated heterocycles. The molecule has 2 rings (SSSR count). The van der Waals surface area contributed by atoms with Gasteiger partial charge < -0.3 is 20.5 Å². The van der Waals surface area contributed by atoms with Crippen molar-refractivity contribution in [2.75, 3.05) is 18.2 Å². The van der Waals surface area contributed by atoms with Gasteiger partial charge >= 0.3 is 0 Å². The maximum absolute atomic E-state index is 6.16. The lowest BCUT2D eigenvalue weighted by atomic mass is 10.2. The standard InChI is InChI=1S/C17H22N2O2/c1-12(2)21-16-9-5-8-15(17(16)18)19-14-7-4-6-13(10-14)11-20-3/h4-10,12,19H,11,18H2,1-3H3. The molecule has 0 aliphatic heterocycles. The first-order chi connectivity index (χ1) is 10.1. The number of methoxy groups -OCH3 is 1. The van der Waals surface area contributed by atoms with Gasteiger partial charge in [-0.1, -0.05) is 18.2 Å². The summed E-state index contributed by atoms with van der Waals surface area (Å²) in [6, 6.07) is 13.8. The molecule has 0 amide bonds. The van der Waals surface area contributed by atoms with E-state index in [-0.39, 0.29) is 6.10 Å². The summed E-state index contributed by atoms with van der Waals surface area (Å²) in [5, 5.41) is 3.32. The molecule has 0 heterocycles. The maximum Gasteiger partial charge on any atom is 0.144 e. The number of para-hydroxylation sites is 1. The van der Waals surface area contributed by atoms with E-state index in [1.807, 2.05) is 56.3 Å². The van der Waals surface area contributed by atoms with Gasteiger partial charge in [0, 0.05) is 12.8 Å². The van der Waals surface area contributed by atoms with Crippen LogP contribution in [0.15, 0.2) is 42.5 Å². The monoisotopic (exact) mass is 286 g/mol. The van der Waals surface area contributed by atoms with Gasteiger partial charge in [0.15, 0.2) is 0 Å². The summed E-state index contributed by atoms with van der Waals surface area (Å²) < 4.78 is 10.8. The Hall–Kier alpha value is -2.20. The van der Waals surface area contributed by atoms with Gasteiger partial charge in [-0.05, 0) is 43.7 Å². The zero-order valence-corrected chi connectivity index (χ0v) is 12.7. The molecule has 0 saturated carbocycles. The molecular formula is C17H22N2O2. The van der Waals surface area contributed by atoms with Crippen molar-refractivity contribution in [3.8, 4) is 5.75 Å². The van der Waals surface area contributed by atoms with E-state index < -0.39 is 0 Å². The van der Waals surface area contributed by atoms with Crippen molar-refractivity contribution in [2.45, 2.75) is 26.6 Å². The van der Waals surface area contributed by atoms with Crippen LogP contribution in [0, 0.1) is 0 Å². The molecule has 0 fully saturated rings. The third kappa shape index (κ3) is 4.13. The second kappa shape index (κ2) is 6.99. The van der Waals surface area contributed by atoms with E-state index in [1.165, 1.54) is 0 Å². The van der Waals surface area contributed by atoms with Crippen molar-refractivity contribution in [3.05, 3.63) is 48.0 Å². The topological polar surface area (TPSA) is 56.5 Å². The van der Waals surface area contributed by atoms with Crippen molar-refractivity contribution in [3.63, 3.8) is 0 Å². The summed E-state index contributed by atoms with van der Waals surface area (Å²) >= 11 is 0. The molecule has 0 aliphatic carbocycles. The molecular weight excluding hydrogens is 264 g/mol. The van der Waals surface area contributed by atoms with Crippen LogP contribution in [0.1, 0.15) is 19.4 Å². The lowest BCUT2D eigenvalue weighted by Crippen LogP contribution is -2.08. The molecule has 4 nitrogen and oxygen atoms in total. The molecule has 3 N–H and O–H groups in total. The van der Waals surface area contributed by atoms with Gasteiger partial charge in [0.2, 0.25) is 0 Å². The van der Waals surface area contributed by atoms with Crippen LogP contribution in [0.4, 0.5) is 17.1 Å². The number of hydrogen-bond donors (Lipinski definition) is 2. The van der Waals surface area contributed by atoms with E-state index in [4.69, 9.17) is 15.2 Å². The van der Waals surface area contributed by atoms with Gasteiger partial charge in [-0.25, -0.2) is 0 Å². The van der Waals surface area contributed by atoms with Crippen LogP contribution >= 0.6 is 0 Å². The Morgan fingerprint density at radius 1 is 1.14 bits per heavy atom. The van der Waals surface area contributed by atoms with Crippen molar-refractivity contribution >= 4 is 17.1 Å². The minimum atomic E-state index is 0.0904. The Balaban J connectivity index is 2.21. The van der Waals surface area contributed by atoms with Crippen molar-refractivity contribution in [1.29, 1.82) is 0 Å². The van der Waals surface area contributed by atoms with Gasteiger partial charge in [0.05, 0.1) is 24.1 Å². The number of benzene rings is 2. The molecule has 112 valence electrons. The summed E-state index contributed by atoms with van der Waals surface area (Å²) in [5.41, 5.74) is 9.69. The Morgan fingerprint density at radius 2 is 1.90 bits per heavy atom. The molecule has 4 heteroatoms. The summed E-state index contributed by atoms with van der Waals surface area (Å²) in [5.74, 6) is 0.697. The molecule has 0 unspecified atom stereocenters. The molecule has 0 bridgehead atoms. The Bertz CT molecular complexity index is 597. The number of rotatable bonds is 6. The van der Waals surface area contributed by atoms with Crippen LogP contribution in [0.25, 0.3) is 0 Å². The molecule has 2 aromatic carbocycles. The zero-order chi connectivity index (χ0) is 15.2. The van der Waals surface area contributed by atoms with Gasteiger partial charge in [0.1, 0.15) is 5.75 Å². The number of nitrogen functional groups attached to an aromatic ring is 1. The Morgan fingerprint density at radius 3 is 2.62 bits per heavy atom. The van der Waals surface area contributed by atoms with Crippen LogP contribution in [-0.2, 0) is 11.3 Å². The highest BCUT2D eigenvalue weighted by atomic mass is 16.5. The highest BCUT2D eigenvalue weighted by Crippen LogP contribution is 2.32. The molecule has 0 radical (unpaired) electrons. The first-order valence-electron chi connectivity index (χ1n) is 7.00. The predicted octanol–water partition coefficient (Wildman–Crippen LogP) is 3.95. The fourth-order valence-electron chi connectivity index (χ4n) is 2.07. The summed E-state index contributed by atoms with van der Waals surface area (Å²) in [6.45, 7) is 4.54. The highest BCUT2D eigenvalue weighted by molar-refractivity contribution is 5.77. The Kier molecular flexibility index (Phi) is 5.06. The molecule has 0 spiro atoms. The highest BCUT2D eigenvalue weighted by Gasteiger charge is 2.08. The summed E-state index contributed by atoms with van der Waals surface area (Å²) in [6.07, 6.45) is 0.0904. The average molecular weight is 286 g/mol. The van der Waals surface area contributed by atoms with Crippen molar-refractivity contribution < 1.29 is 9.47 Å². The quantitative estimate of drug-likeness (QED) is 0.790. The molecule has 0 aliphatic rings.